The number of pyridine rings is 1. The second-order valence-electron chi connectivity index (χ2n) is 4.34. The first-order valence-electron chi connectivity index (χ1n) is 6.14. The second kappa shape index (κ2) is 6.47. The van der Waals surface area contributed by atoms with Crippen molar-refractivity contribution in [1.29, 1.82) is 0 Å². The molecule has 0 aliphatic carbocycles. The molecule has 0 radical (unpaired) electrons. The van der Waals surface area contributed by atoms with Gasteiger partial charge in [-0.3, -0.25) is 4.98 Å². The van der Waals surface area contributed by atoms with Gasteiger partial charge in [0.25, 0.3) is 0 Å². The lowest BCUT2D eigenvalue weighted by atomic mass is 10.1. The zero-order valence-electron chi connectivity index (χ0n) is 11.1. The zero-order valence-corrected chi connectivity index (χ0v) is 11.1. The number of aryl methyl sites for hydroxylation is 1. The summed E-state index contributed by atoms with van der Waals surface area (Å²) in [5.74, 6) is -0.337. The minimum Gasteiger partial charge on any atom is -0.380 e. The fourth-order valence-electron chi connectivity index (χ4n) is 1.57. The van der Waals surface area contributed by atoms with Crippen LogP contribution in [0.4, 0.5) is 0 Å². The van der Waals surface area contributed by atoms with Gasteiger partial charge in [0, 0.05) is 18.0 Å². The number of nitrogens with two attached hydrogens (primary N) is 1. The summed E-state index contributed by atoms with van der Waals surface area (Å²) in [5.41, 5.74) is 8.31. The summed E-state index contributed by atoms with van der Waals surface area (Å²) in [6.07, 6.45) is 3.33. The predicted molar refractivity (Wildman–Crippen MR) is 75.9 cm³/mol. The second-order valence-corrected chi connectivity index (χ2v) is 4.34. The van der Waals surface area contributed by atoms with Crippen molar-refractivity contribution in [3.8, 4) is 0 Å². The number of oxime groups is 1. The molecule has 0 bridgehead atoms. The van der Waals surface area contributed by atoms with Crippen molar-refractivity contribution in [2.45, 2.75) is 13.3 Å². The van der Waals surface area contributed by atoms with Gasteiger partial charge in [0.1, 0.15) is 0 Å². The van der Waals surface area contributed by atoms with E-state index in [0.29, 0.717) is 5.56 Å². The van der Waals surface area contributed by atoms with Crippen molar-refractivity contribution in [2.24, 2.45) is 10.9 Å². The molecule has 0 amide bonds. The Bertz CT molecular complexity index is 607. The van der Waals surface area contributed by atoms with Crippen molar-refractivity contribution in [3.63, 3.8) is 0 Å². The zero-order chi connectivity index (χ0) is 14.4. The number of hydrogen-bond acceptors (Lipinski definition) is 4. The number of amidine groups is 1. The van der Waals surface area contributed by atoms with Gasteiger partial charge in [-0.1, -0.05) is 35.0 Å². The van der Waals surface area contributed by atoms with Gasteiger partial charge in [0.2, 0.25) is 0 Å². The van der Waals surface area contributed by atoms with Crippen LogP contribution in [0.1, 0.15) is 16.7 Å². The molecular weight excluding hydrogens is 254 g/mol. The molecule has 2 N–H and O–H groups in total. The first-order chi connectivity index (χ1) is 9.65. The number of carbonyl (C=O) groups excluding carboxylic acids is 1. The lowest BCUT2D eigenvalue weighted by molar-refractivity contribution is -0.142. The fourth-order valence-corrected chi connectivity index (χ4v) is 1.57. The van der Waals surface area contributed by atoms with Crippen LogP contribution in [0.2, 0.25) is 0 Å². The molecule has 0 atom stereocenters. The average molecular weight is 269 g/mol. The van der Waals surface area contributed by atoms with Gasteiger partial charge < -0.3 is 10.6 Å². The van der Waals surface area contributed by atoms with Gasteiger partial charge in [-0.05, 0) is 24.6 Å². The monoisotopic (exact) mass is 269 g/mol. The Balaban J connectivity index is 1.93. The minimum atomic E-state index is -0.458. The molecule has 102 valence electrons. The Labute approximate surface area is 117 Å². The van der Waals surface area contributed by atoms with Crippen molar-refractivity contribution in [3.05, 3.63) is 65.5 Å². The normalized spacial score (nSPS) is 11.2. The third-order valence-corrected chi connectivity index (χ3v) is 2.67. The van der Waals surface area contributed by atoms with E-state index < -0.39 is 5.97 Å². The highest BCUT2D eigenvalue weighted by Gasteiger charge is 2.06. The van der Waals surface area contributed by atoms with Crippen LogP contribution in [0, 0.1) is 6.92 Å². The van der Waals surface area contributed by atoms with Gasteiger partial charge in [-0.2, -0.15) is 0 Å². The maximum absolute atomic E-state index is 11.6. The Kier molecular flexibility index (Phi) is 4.44. The van der Waals surface area contributed by atoms with E-state index in [4.69, 9.17) is 10.6 Å². The molecule has 5 heteroatoms. The molecule has 1 aromatic heterocycles. The molecule has 0 saturated heterocycles. The summed E-state index contributed by atoms with van der Waals surface area (Å²) in [5, 5.41) is 3.61. The van der Waals surface area contributed by atoms with Crippen LogP contribution in [0.25, 0.3) is 0 Å². The molecule has 0 aliphatic rings. The molecule has 1 heterocycles. The van der Waals surface area contributed by atoms with Gasteiger partial charge in [-0.25, -0.2) is 4.79 Å². The maximum atomic E-state index is 11.6. The van der Waals surface area contributed by atoms with Crippen LogP contribution in [0.5, 0.6) is 0 Å². The summed E-state index contributed by atoms with van der Waals surface area (Å²) >= 11 is 0. The summed E-state index contributed by atoms with van der Waals surface area (Å²) < 4.78 is 0. The largest absolute Gasteiger partial charge is 0.380 e. The number of hydrogen-bond donors (Lipinski definition) is 1. The molecule has 0 spiro atoms. The topological polar surface area (TPSA) is 77.6 Å². The molecule has 0 unspecified atom stereocenters. The van der Waals surface area contributed by atoms with Gasteiger partial charge in [0.15, 0.2) is 5.84 Å². The SMILES string of the molecule is Cc1ccc(CC(=O)O/N=C(/N)c2cccnc2)cc1. The molecule has 0 aliphatic heterocycles. The molecule has 20 heavy (non-hydrogen) atoms. The Morgan fingerprint density at radius 2 is 2.05 bits per heavy atom. The van der Waals surface area contributed by atoms with Crippen molar-refractivity contribution in [1.82, 2.24) is 4.98 Å². The first kappa shape index (κ1) is 13.7. The van der Waals surface area contributed by atoms with Crippen LogP contribution in [-0.4, -0.2) is 16.8 Å². The third-order valence-electron chi connectivity index (χ3n) is 2.67. The van der Waals surface area contributed by atoms with E-state index in [1.807, 2.05) is 31.2 Å². The molecule has 2 rings (SSSR count). The Morgan fingerprint density at radius 1 is 1.30 bits per heavy atom. The number of aromatic nitrogens is 1. The van der Waals surface area contributed by atoms with Crippen LogP contribution in [-0.2, 0) is 16.1 Å². The fraction of sp³-hybridized carbons (Fsp3) is 0.133. The van der Waals surface area contributed by atoms with E-state index >= 15 is 0 Å². The number of carbonyl (C=O) groups is 1. The Hall–Kier alpha value is -2.69. The lowest BCUT2D eigenvalue weighted by Crippen LogP contribution is -2.16. The summed E-state index contributed by atoms with van der Waals surface area (Å²) in [7, 11) is 0. The molecule has 0 fully saturated rings. The van der Waals surface area contributed by atoms with Crippen LogP contribution >= 0.6 is 0 Å². The molecule has 2 aromatic rings. The number of nitrogens with zero attached hydrogens (tertiary/aromatic N) is 2. The van der Waals surface area contributed by atoms with E-state index in [1.54, 1.807) is 24.5 Å². The molecule has 5 nitrogen and oxygen atoms in total. The van der Waals surface area contributed by atoms with E-state index in [1.165, 1.54) is 0 Å². The highest BCUT2D eigenvalue weighted by Crippen LogP contribution is 2.05. The standard InChI is InChI=1S/C15H15N3O2/c1-11-4-6-12(7-5-11)9-14(19)20-18-15(16)13-3-2-8-17-10-13/h2-8,10H,9H2,1H3,(H2,16,18). The summed E-state index contributed by atoms with van der Waals surface area (Å²) in [4.78, 5) is 20.3. The van der Waals surface area contributed by atoms with E-state index in [-0.39, 0.29) is 12.3 Å². The highest BCUT2D eigenvalue weighted by molar-refractivity contribution is 5.97. The molecule has 1 aromatic carbocycles. The van der Waals surface area contributed by atoms with E-state index in [0.717, 1.165) is 11.1 Å². The average Bonchev–Trinajstić information content (AvgIpc) is 2.48. The molecule has 0 saturated carbocycles. The summed E-state index contributed by atoms with van der Waals surface area (Å²) in [6.45, 7) is 1.99. The molecular formula is C15H15N3O2. The first-order valence-corrected chi connectivity index (χ1v) is 6.14. The predicted octanol–water partition coefficient (Wildman–Crippen LogP) is 1.80. The summed E-state index contributed by atoms with van der Waals surface area (Å²) in [6, 6.07) is 11.1. The lowest BCUT2D eigenvalue weighted by Gasteiger charge is -2.01. The van der Waals surface area contributed by atoms with Crippen molar-refractivity contribution in [2.75, 3.05) is 0 Å². The highest BCUT2D eigenvalue weighted by atomic mass is 16.7. The van der Waals surface area contributed by atoms with Crippen molar-refractivity contribution >= 4 is 11.8 Å². The van der Waals surface area contributed by atoms with Gasteiger partial charge >= 0.3 is 5.97 Å². The van der Waals surface area contributed by atoms with Crippen molar-refractivity contribution < 1.29 is 9.63 Å². The van der Waals surface area contributed by atoms with Gasteiger partial charge in [0.05, 0.1) is 6.42 Å². The Morgan fingerprint density at radius 3 is 2.70 bits per heavy atom. The van der Waals surface area contributed by atoms with Crippen LogP contribution < -0.4 is 5.73 Å². The van der Waals surface area contributed by atoms with E-state index in [9.17, 15) is 4.79 Å². The quantitative estimate of drug-likeness (QED) is 0.397. The number of rotatable bonds is 4. The van der Waals surface area contributed by atoms with Gasteiger partial charge in [-0.15, -0.1) is 0 Å². The third kappa shape index (κ3) is 3.91. The smallest absolute Gasteiger partial charge is 0.339 e. The van der Waals surface area contributed by atoms with Crippen LogP contribution in [0.15, 0.2) is 53.9 Å². The number of benzene rings is 1. The minimum absolute atomic E-state index is 0.121. The van der Waals surface area contributed by atoms with E-state index in [2.05, 4.69) is 10.1 Å². The van der Waals surface area contributed by atoms with Crippen LogP contribution in [0.3, 0.4) is 0 Å². The maximum Gasteiger partial charge on any atom is 0.339 e.